The normalized spacial score (nSPS) is 14.9. The maximum absolute atomic E-state index is 4.30. The molecular weight excluding hydrogens is 222 g/mol. The first-order chi connectivity index (χ1) is 8.88. The monoisotopic (exact) mass is 241 g/mol. The summed E-state index contributed by atoms with van der Waals surface area (Å²) in [6.07, 6.45) is 6.56. The molecule has 0 spiro atoms. The second-order valence-corrected chi connectivity index (χ2v) is 4.91. The van der Waals surface area contributed by atoms with Gasteiger partial charge in [0.2, 0.25) is 0 Å². The van der Waals surface area contributed by atoms with Gasteiger partial charge in [0, 0.05) is 30.0 Å². The third kappa shape index (κ3) is 2.31. The standard InChI is InChI=1S/C15H19N3/c1-2-16-9-12-4-3-5-14(8-12)18-11-17-10-15(18)13-6-7-13/h3-5,8,10-11,13,16H,2,6-7,9H2,1H3. The van der Waals surface area contributed by atoms with E-state index in [0.717, 1.165) is 19.0 Å². The van der Waals surface area contributed by atoms with Crippen molar-refractivity contribution in [1.82, 2.24) is 14.9 Å². The lowest BCUT2D eigenvalue weighted by Gasteiger charge is -2.09. The van der Waals surface area contributed by atoms with Crippen LogP contribution in [0.15, 0.2) is 36.8 Å². The van der Waals surface area contributed by atoms with Crippen molar-refractivity contribution in [2.75, 3.05) is 6.54 Å². The summed E-state index contributed by atoms with van der Waals surface area (Å²) < 4.78 is 2.23. The average molecular weight is 241 g/mol. The molecule has 1 fully saturated rings. The number of hydrogen-bond donors (Lipinski definition) is 1. The van der Waals surface area contributed by atoms with E-state index in [0.29, 0.717) is 0 Å². The van der Waals surface area contributed by atoms with Crippen molar-refractivity contribution in [2.45, 2.75) is 32.2 Å². The second-order valence-electron chi connectivity index (χ2n) is 4.91. The predicted molar refractivity (Wildman–Crippen MR) is 72.9 cm³/mol. The zero-order chi connectivity index (χ0) is 12.4. The molecule has 18 heavy (non-hydrogen) atoms. The molecule has 0 bridgehead atoms. The maximum atomic E-state index is 4.30. The Bertz CT molecular complexity index is 526. The van der Waals surface area contributed by atoms with Gasteiger partial charge in [-0.1, -0.05) is 19.1 Å². The van der Waals surface area contributed by atoms with Crippen LogP contribution in [0.2, 0.25) is 0 Å². The van der Waals surface area contributed by atoms with Crippen LogP contribution >= 0.6 is 0 Å². The molecule has 3 rings (SSSR count). The van der Waals surface area contributed by atoms with Crippen molar-refractivity contribution >= 4 is 0 Å². The van der Waals surface area contributed by atoms with Gasteiger partial charge in [0.1, 0.15) is 0 Å². The Morgan fingerprint density at radius 3 is 3.06 bits per heavy atom. The Hall–Kier alpha value is -1.61. The van der Waals surface area contributed by atoms with E-state index >= 15 is 0 Å². The number of aromatic nitrogens is 2. The van der Waals surface area contributed by atoms with Gasteiger partial charge in [-0.05, 0) is 37.1 Å². The molecule has 2 aromatic rings. The zero-order valence-electron chi connectivity index (χ0n) is 10.8. The van der Waals surface area contributed by atoms with Gasteiger partial charge in [-0.3, -0.25) is 0 Å². The number of imidazole rings is 1. The molecule has 0 radical (unpaired) electrons. The number of nitrogens with one attached hydrogen (secondary N) is 1. The summed E-state index contributed by atoms with van der Waals surface area (Å²) in [5.74, 6) is 0.727. The first-order valence-electron chi connectivity index (χ1n) is 6.70. The fourth-order valence-corrected chi connectivity index (χ4v) is 2.29. The summed E-state index contributed by atoms with van der Waals surface area (Å²) >= 11 is 0. The molecular formula is C15H19N3. The van der Waals surface area contributed by atoms with Crippen LogP contribution in [0.5, 0.6) is 0 Å². The van der Waals surface area contributed by atoms with Crippen molar-refractivity contribution < 1.29 is 0 Å². The van der Waals surface area contributed by atoms with Gasteiger partial charge >= 0.3 is 0 Å². The molecule has 3 heteroatoms. The van der Waals surface area contributed by atoms with E-state index < -0.39 is 0 Å². The Morgan fingerprint density at radius 2 is 2.28 bits per heavy atom. The summed E-state index contributed by atoms with van der Waals surface area (Å²) in [7, 11) is 0. The molecule has 0 unspecified atom stereocenters. The molecule has 1 N–H and O–H groups in total. The van der Waals surface area contributed by atoms with Crippen LogP contribution in [0.3, 0.4) is 0 Å². The lowest BCUT2D eigenvalue weighted by molar-refractivity contribution is 0.726. The second kappa shape index (κ2) is 4.94. The van der Waals surface area contributed by atoms with E-state index in [9.17, 15) is 0 Å². The largest absolute Gasteiger partial charge is 0.313 e. The third-order valence-electron chi connectivity index (χ3n) is 3.43. The van der Waals surface area contributed by atoms with Gasteiger partial charge in [-0.15, -0.1) is 0 Å². The molecule has 1 saturated carbocycles. The van der Waals surface area contributed by atoms with Crippen molar-refractivity contribution in [3.8, 4) is 5.69 Å². The highest BCUT2D eigenvalue weighted by atomic mass is 15.1. The Labute approximate surface area is 108 Å². The van der Waals surface area contributed by atoms with Crippen molar-refractivity contribution in [3.63, 3.8) is 0 Å². The molecule has 1 aliphatic rings. The Kier molecular flexibility index (Phi) is 3.15. The average Bonchev–Trinajstić information content (AvgIpc) is 3.14. The molecule has 1 aliphatic carbocycles. The van der Waals surface area contributed by atoms with Crippen molar-refractivity contribution in [3.05, 3.63) is 48.0 Å². The van der Waals surface area contributed by atoms with Crippen LogP contribution in [0.4, 0.5) is 0 Å². The number of rotatable bonds is 5. The summed E-state index contributed by atoms with van der Waals surface area (Å²) in [6, 6.07) is 8.69. The van der Waals surface area contributed by atoms with E-state index in [2.05, 4.69) is 46.1 Å². The summed E-state index contributed by atoms with van der Waals surface area (Å²) in [5, 5.41) is 3.36. The van der Waals surface area contributed by atoms with Crippen LogP contribution in [-0.2, 0) is 6.54 Å². The molecule has 0 saturated heterocycles. The molecule has 1 aromatic carbocycles. The number of hydrogen-bond acceptors (Lipinski definition) is 2. The molecule has 0 atom stereocenters. The number of benzene rings is 1. The molecule has 0 aliphatic heterocycles. The smallest absolute Gasteiger partial charge is 0.0994 e. The molecule has 1 aromatic heterocycles. The summed E-state index contributed by atoms with van der Waals surface area (Å²) in [6.45, 7) is 4.06. The minimum atomic E-state index is 0.727. The lowest BCUT2D eigenvalue weighted by Crippen LogP contribution is -2.12. The molecule has 1 heterocycles. The van der Waals surface area contributed by atoms with Gasteiger partial charge in [-0.2, -0.15) is 0 Å². The molecule has 94 valence electrons. The van der Waals surface area contributed by atoms with E-state index in [-0.39, 0.29) is 0 Å². The number of nitrogens with zero attached hydrogens (tertiary/aromatic N) is 2. The van der Waals surface area contributed by atoms with Gasteiger partial charge in [0.25, 0.3) is 0 Å². The van der Waals surface area contributed by atoms with Crippen LogP contribution in [0, 0.1) is 0 Å². The predicted octanol–water partition coefficient (Wildman–Crippen LogP) is 2.86. The van der Waals surface area contributed by atoms with Crippen LogP contribution in [-0.4, -0.2) is 16.1 Å². The van der Waals surface area contributed by atoms with Crippen molar-refractivity contribution in [2.24, 2.45) is 0 Å². The van der Waals surface area contributed by atoms with Gasteiger partial charge in [-0.25, -0.2) is 4.98 Å². The lowest BCUT2D eigenvalue weighted by atomic mass is 10.2. The first-order valence-corrected chi connectivity index (χ1v) is 6.70. The van der Waals surface area contributed by atoms with Gasteiger partial charge in [0.15, 0.2) is 0 Å². The maximum Gasteiger partial charge on any atom is 0.0994 e. The summed E-state index contributed by atoms with van der Waals surface area (Å²) in [5.41, 5.74) is 3.91. The van der Waals surface area contributed by atoms with Crippen molar-refractivity contribution in [1.29, 1.82) is 0 Å². The van der Waals surface area contributed by atoms with Crippen LogP contribution in [0.25, 0.3) is 5.69 Å². The SMILES string of the molecule is CCNCc1cccc(-n2cncc2C2CC2)c1. The van der Waals surface area contributed by atoms with Gasteiger partial charge in [0.05, 0.1) is 6.33 Å². The van der Waals surface area contributed by atoms with E-state index in [4.69, 9.17) is 0 Å². The minimum Gasteiger partial charge on any atom is -0.313 e. The van der Waals surface area contributed by atoms with Crippen LogP contribution < -0.4 is 5.32 Å². The minimum absolute atomic E-state index is 0.727. The highest BCUT2D eigenvalue weighted by Gasteiger charge is 2.27. The highest BCUT2D eigenvalue weighted by Crippen LogP contribution is 2.40. The highest BCUT2D eigenvalue weighted by molar-refractivity contribution is 5.38. The van der Waals surface area contributed by atoms with Crippen LogP contribution in [0.1, 0.15) is 36.9 Å². The fraction of sp³-hybridized carbons (Fsp3) is 0.400. The van der Waals surface area contributed by atoms with E-state index in [1.54, 1.807) is 0 Å². The summed E-state index contributed by atoms with van der Waals surface area (Å²) in [4.78, 5) is 4.30. The Morgan fingerprint density at radius 1 is 1.39 bits per heavy atom. The van der Waals surface area contributed by atoms with Gasteiger partial charge < -0.3 is 9.88 Å². The third-order valence-corrected chi connectivity index (χ3v) is 3.43. The fourth-order valence-electron chi connectivity index (χ4n) is 2.29. The molecule has 0 amide bonds. The van der Waals surface area contributed by atoms with E-state index in [1.165, 1.54) is 29.8 Å². The Balaban J connectivity index is 1.88. The topological polar surface area (TPSA) is 29.9 Å². The molecule has 3 nitrogen and oxygen atoms in total. The quantitative estimate of drug-likeness (QED) is 0.872. The van der Waals surface area contributed by atoms with E-state index in [1.807, 2.05) is 12.5 Å². The zero-order valence-corrected chi connectivity index (χ0v) is 10.8. The first kappa shape index (κ1) is 11.5.